The van der Waals surface area contributed by atoms with Crippen LogP contribution in [0.4, 0.5) is 0 Å². The summed E-state index contributed by atoms with van der Waals surface area (Å²) in [6, 6.07) is 11.1. The molecule has 0 fully saturated rings. The normalized spacial score (nSPS) is 10.2. The van der Waals surface area contributed by atoms with Gasteiger partial charge in [0.05, 0.1) is 7.11 Å². The quantitative estimate of drug-likeness (QED) is 0.700. The Labute approximate surface area is 171 Å². The number of amides is 2. The third kappa shape index (κ3) is 6.71. The number of carbonyl (C=O) groups is 2. The summed E-state index contributed by atoms with van der Waals surface area (Å²) in [5, 5.41) is 2.81. The van der Waals surface area contributed by atoms with Crippen molar-refractivity contribution in [3.63, 3.8) is 0 Å². The van der Waals surface area contributed by atoms with E-state index in [0.29, 0.717) is 23.8 Å². The topological polar surface area (TPSA) is 77.1 Å². The zero-order valence-electron chi connectivity index (χ0n) is 17.6. The zero-order valence-corrected chi connectivity index (χ0v) is 17.6. The first-order valence-electron chi connectivity index (χ1n) is 9.26. The van der Waals surface area contributed by atoms with Crippen LogP contribution < -0.4 is 19.5 Å². The average Bonchev–Trinajstić information content (AvgIpc) is 2.69. The zero-order chi connectivity index (χ0) is 21.4. The summed E-state index contributed by atoms with van der Waals surface area (Å²) in [5.41, 5.74) is 2.98. The summed E-state index contributed by atoms with van der Waals surface area (Å²) in [6.07, 6.45) is 0. The van der Waals surface area contributed by atoms with Gasteiger partial charge in [0.15, 0.2) is 24.7 Å². The van der Waals surface area contributed by atoms with Crippen LogP contribution >= 0.6 is 0 Å². The van der Waals surface area contributed by atoms with Crippen LogP contribution in [0.3, 0.4) is 0 Å². The molecule has 2 amide bonds. The van der Waals surface area contributed by atoms with Crippen LogP contribution in [0, 0.1) is 13.8 Å². The number of nitrogens with zero attached hydrogens (tertiary/aromatic N) is 1. The Morgan fingerprint density at radius 2 is 1.62 bits per heavy atom. The predicted octanol–water partition coefficient (Wildman–Crippen LogP) is 2.47. The van der Waals surface area contributed by atoms with Gasteiger partial charge in [-0.2, -0.15) is 0 Å². The fraction of sp³-hybridized carbons (Fsp3) is 0.364. The molecule has 0 aliphatic carbocycles. The van der Waals surface area contributed by atoms with Gasteiger partial charge in [0.2, 0.25) is 0 Å². The Hall–Kier alpha value is -3.22. The number of carbonyl (C=O) groups excluding carboxylic acids is 2. The fourth-order valence-electron chi connectivity index (χ4n) is 2.57. The molecule has 0 aliphatic heterocycles. The second-order valence-electron chi connectivity index (χ2n) is 6.90. The van der Waals surface area contributed by atoms with E-state index in [2.05, 4.69) is 5.32 Å². The fourth-order valence-corrected chi connectivity index (χ4v) is 2.57. The Balaban J connectivity index is 1.87. The van der Waals surface area contributed by atoms with Crippen molar-refractivity contribution in [2.24, 2.45) is 0 Å². The molecule has 2 aromatic rings. The molecule has 29 heavy (non-hydrogen) atoms. The maximum absolute atomic E-state index is 12.1. The summed E-state index contributed by atoms with van der Waals surface area (Å²) in [4.78, 5) is 25.2. The number of rotatable bonds is 9. The Kier molecular flexibility index (Phi) is 7.88. The predicted molar refractivity (Wildman–Crippen MR) is 110 cm³/mol. The van der Waals surface area contributed by atoms with Crippen molar-refractivity contribution in [1.29, 1.82) is 0 Å². The lowest BCUT2D eigenvalue weighted by Crippen LogP contribution is -2.28. The van der Waals surface area contributed by atoms with E-state index in [1.165, 1.54) is 12.0 Å². The van der Waals surface area contributed by atoms with Gasteiger partial charge >= 0.3 is 0 Å². The van der Waals surface area contributed by atoms with Gasteiger partial charge in [-0.15, -0.1) is 0 Å². The van der Waals surface area contributed by atoms with E-state index in [0.717, 1.165) is 16.7 Å². The van der Waals surface area contributed by atoms with E-state index in [1.54, 1.807) is 26.2 Å². The highest BCUT2D eigenvalue weighted by molar-refractivity contribution is 5.78. The molecular formula is C22H28N2O5. The van der Waals surface area contributed by atoms with Crippen molar-refractivity contribution >= 4 is 11.8 Å². The summed E-state index contributed by atoms with van der Waals surface area (Å²) < 4.78 is 16.4. The van der Waals surface area contributed by atoms with Crippen LogP contribution in [0.15, 0.2) is 36.4 Å². The largest absolute Gasteiger partial charge is 0.493 e. The van der Waals surface area contributed by atoms with E-state index in [-0.39, 0.29) is 25.0 Å². The molecule has 2 rings (SSSR count). The smallest absolute Gasteiger partial charge is 0.259 e. The number of hydrogen-bond donors (Lipinski definition) is 1. The first-order valence-corrected chi connectivity index (χ1v) is 9.26. The molecule has 0 aliphatic rings. The molecule has 0 saturated carbocycles. The van der Waals surface area contributed by atoms with E-state index in [4.69, 9.17) is 14.2 Å². The van der Waals surface area contributed by atoms with Crippen LogP contribution in [-0.2, 0) is 16.1 Å². The lowest BCUT2D eigenvalue weighted by atomic mass is 10.1. The highest BCUT2D eigenvalue weighted by Crippen LogP contribution is 2.28. The number of methoxy groups -OCH3 is 1. The summed E-state index contributed by atoms with van der Waals surface area (Å²) >= 11 is 0. The van der Waals surface area contributed by atoms with Gasteiger partial charge in [-0.3, -0.25) is 9.59 Å². The molecule has 0 radical (unpaired) electrons. The Bertz CT molecular complexity index is 864. The van der Waals surface area contributed by atoms with Crippen LogP contribution in [0.1, 0.15) is 16.7 Å². The van der Waals surface area contributed by atoms with Crippen LogP contribution in [0.25, 0.3) is 0 Å². The maximum atomic E-state index is 12.1. The van der Waals surface area contributed by atoms with E-state index >= 15 is 0 Å². The van der Waals surface area contributed by atoms with Gasteiger partial charge in [-0.25, -0.2) is 0 Å². The van der Waals surface area contributed by atoms with Crippen LogP contribution in [0.5, 0.6) is 17.2 Å². The molecule has 2 aromatic carbocycles. The average molecular weight is 400 g/mol. The molecule has 7 heteroatoms. The summed E-state index contributed by atoms with van der Waals surface area (Å²) in [6.45, 7) is 4.14. The van der Waals surface area contributed by atoms with Crippen molar-refractivity contribution in [3.05, 3.63) is 53.1 Å². The number of likely N-dealkylation sites (N-methyl/N-ethyl adjacent to an activating group) is 1. The van der Waals surface area contributed by atoms with Crippen LogP contribution in [-0.4, -0.2) is 51.1 Å². The number of hydrogen-bond acceptors (Lipinski definition) is 5. The second-order valence-corrected chi connectivity index (χ2v) is 6.90. The molecule has 0 spiro atoms. The van der Waals surface area contributed by atoms with Gasteiger partial charge in [-0.1, -0.05) is 23.8 Å². The van der Waals surface area contributed by atoms with Crippen molar-refractivity contribution in [3.8, 4) is 17.2 Å². The van der Waals surface area contributed by atoms with Gasteiger partial charge < -0.3 is 24.4 Å². The van der Waals surface area contributed by atoms with E-state index < -0.39 is 0 Å². The highest BCUT2D eigenvalue weighted by Gasteiger charge is 2.11. The molecule has 0 heterocycles. The number of benzene rings is 2. The first kappa shape index (κ1) is 22.1. The van der Waals surface area contributed by atoms with Crippen molar-refractivity contribution in [1.82, 2.24) is 10.2 Å². The second kappa shape index (κ2) is 10.4. The Morgan fingerprint density at radius 1 is 0.931 bits per heavy atom. The lowest BCUT2D eigenvalue weighted by Gasteiger charge is -2.14. The third-order valence-electron chi connectivity index (χ3n) is 4.26. The number of nitrogens with one attached hydrogen (secondary N) is 1. The highest BCUT2D eigenvalue weighted by atomic mass is 16.5. The molecule has 156 valence electrons. The lowest BCUT2D eigenvalue weighted by molar-refractivity contribution is -0.130. The monoisotopic (exact) mass is 400 g/mol. The van der Waals surface area contributed by atoms with Gasteiger partial charge in [0.1, 0.15) is 5.75 Å². The molecule has 0 saturated heterocycles. The minimum absolute atomic E-state index is 0.0606. The SMILES string of the molecule is COc1cc(CNC(=O)COc2ccc(C)cc2C)ccc1OCC(=O)N(C)C. The van der Waals surface area contributed by atoms with E-state index in [9.17, 15) is 9.59 Å². The van der Waals surface area contributed by atoms with Crippen molar-refractivity contribution < 1.29 is 23.8 Å². The Morgan fingerprint density at radius 3 is 2.28 bits per heavy atom. The van der Waals surface area contributed by atoms with Gasteiger partial charge in [0.25, 0.3) is 11.8 Å². The summed E-state index contributed by atoms with van der Waals surface area (Å²) in [5.74, 6) is 1.29. The molecule has 0 atom stereocenters. The molecular weight excluding hydrogens is 372 g/mol. The maximum Gasteiger partial charge on any atom is 0.259 e. The minimum atomic E-state index is -0.221. The van der Waals surface area contributed by atoms with Gasteiger partial charge in [0, 0.05) is 20.6 Å². The van der Waals surface area contributed by atoms with Crippen molar-refractivity contribution in [2.45, 2.75) is 20.4 Å². The summed E-state index contributed by atoms with van der Waals surface area (Å²) in [7, 11) is 4.85. The molecule has 1 N–H and O–H groups in total. The molecule has 0 unspecified atom stereocenters. The minimum Gasteiger partial charge on any atom is -0.493 e. The van der Waals surface area contributed by atoms with Crippen LogP contribution in [0.2, 0.25) is 0 Å². The van der Waals surface area contributed by atoms with Gasteiger partial charge in [-0.05, 0) is 43.2 Å². The van der Waals surface area contributed by atoms with E-state index in [1.807, 2.05) is 38.1 Å². The third-order valence-corrected chi connectivity index (χ3v) is 4.26. The number of ether oxygens (including phenoxy) is 3. The van der Waals surface area contributed by atoms with Crippen molar-refractivity contribution in [2.75, 3.05) is 34.4 Å². The molecule has 0 aromatic heterocycles. The number of aryl methyl sites for hydroxylation is 2. The molecule has 7 nitrogen and oxygen atoms in total. The first-order chi connectivity index (χ1) is 13.8. The standard InChI is InChI=1S/C22H28N2O5/c1-15-6-8-18(16(2)10-15)28-13-21(25)23-12-17-7-9-19(20(11-17)27-5)29-14-22(26)24(3)4/h6-11H,12-14H2,1-5H3,(H,23,25). The molecule has 0 bridgehead atoms.